The van der Waals surface area contributed by atoms with Crippen molar-refractivity contribution >= 4 is 28.7 Å². The second-order valence-corrected chi connectivity index (χ2v) is 14.2. The summed E-state index contributed by atoms with van der Waals surface area (Å²) in [5.74, 6) is 0. The molecule has 51 heavy (non-hydrogen) atoms. The third kappa shape index (κ3) is 3.88. The highest BCUT2D eigenvalue weighted by Crippen LogP contribution is 2.65. The molecule has 0 aliphatic heterocycles. The van der Waals surface area contributed by atoms with Gasteiger partial charge in [0.05, 0.1) is 11.1 Å². The number of allylic oxidation sites excluding steroid dienone is 2. The lowest BCUT2D eigenvalue weighted by molar-refractivity contribution is 0.703. The van der Waals surface area contributed by atoms with Gasteiger partial charge in [0.2, 0.25) is 0 Å². The molecule has 11 rings (SSSR count). The zero-order valence-corrected chi connectivity index (χ0v) is 28.4. The third-order valence-corrected chi connectivity index (χ3v) is 11.8. The van der Waals surface area contributed by atoms with Gasteiger partial charge in [-0.25, -0.2) is 0 Å². The Labute approximate surface area is 299 Å². The van der Waals surface area contributed by atoms with E-state index >= 15 is 0 Å². The van der Waals surface area contributed by atoms with Crippen molar-refractivity contribution in [2.75, 3.05) is 4.90 Å². The van der Waals surface area contributed by atoms with Crippen molar-refractivity contribution in [3.05, 3.63) is 214 Å². The summed E-state index contributed by atoms with van der Waals surface area (Å²) in [4.78, 5) is 2.41. The molecule has 2 nitrogen and oxygen atoms in total. The summed E-state index contributed by atoms with van der Waals surface area (Å²) in [5, 5.41) is 0. The van der Waals surface area contributed by atoms with Gasteiger partial charge in [-0.3, -0.25) is 0 Å². The Bertz CT molecular complexity index is 2530. The van der Waals surface area contributed by atoms with Crippen LogP contribution in [0.5, 0.6) is 0 Å². The highest BCUT2D eigenvalue weighted by atomic mass is 15.1. The van der Waals surface area contributed by atoms with E-state index in [0.717, 1.165) is 37.1 Å². The Kier molecular flexibility index (Phi) is 6.15. The van der Waals surface area contributed by atoms with Gasteiger partial charge in [0.1, 0.15) is 0 Å². The van der Waals surface area contributed by atoms with E-state index in [1.54, 1.807) is 11.1 Å². The van der Waals surface area contributed by atoms with Crippen molar-refractivity contribution < 1.29 is 0 Å². The highest BCUT2D eigenvalue weighted by Gasteiger charge is 2.54. The molecule has 0 fully saturated rings. The molecule has 6 aromatic carbocycles. The second kappa shape index (κ2) is 10.9. The Morgan fingerprint density at radius 3 is 1.82 bits per heavy atom. The van der Waals surface area contributed by atoms with Crippen molar-refractivity contribution in [1.29, 1.82) is 0 Å². The number of fused-ring (bicyclic) bond motifs is 13. The van der Waals surface area contributed by atoms with E-state index in [1.807, 2.05) is 0 Å². The molecule has 7 aromatic rings. The topological polar surface area (TPSA) is 8.17 Å². The number of aromatic nitrogens is 1. The SMILES string of the molecule is C1=Cc2c(c3c(n2-c2ccccc2)C2=C(CC3)C3(c4ccccc42)c2ccccc2-c2ccc(N(c4ccccc4)c4ccccc4)cc23)CC1. The molecule has 1 spiro atoms. The van der Waals surface area contributed by atoms with Crippen molar-refractivity contribution in [3.63, 3.8) is 0 Å². The fraction of sp³-hybridized carbons (Fsp3) is 0.102. The van der Waals surface area contributed by atoms with Crippen LogP contribution in [-0.4, -0.2) is 4.57 Å². The maximum absolute atomic E-state index is 2.59. The molecule has 2 heteroatoms. The van der Waals surface area contributed by atoms with E-state index in [0.29, 0.717) is 0 Å². The van der Waals surface area contributed by atoms with Crippen LogP contribution in [-0.2, 0) is 18.3 Å². The Morgan fingerprint density at radius 2 is 1.10 bits per heavy atom. The summed E-state index contributed by atoms with van der Waals surface area (Å²) in [6.45, 7) is 0. The molecule has 0 radical (unpaired) electrons. The van der Waals surface area contributed by atoms with Crippen LogP contribution in [0.4, 0.5) is 17.1 Å². The minimum Gasteiger partial charge on any atom is -0.310 e. The van der Waals surface area contributed by atoms with Crippen LogP contribution in [0.1, 0.15) is 57.6 Å². The molecule has 4 aliphatic carbocycles. The summed E-state index contributed by atoms with van der Waals surface area (Å²) >= 11 is 0. The van der Waals surface area contributed by atoms with Crippen LogP contribution in [0.15, 0.2) is 169 Å². The number of hydrogen-bond donors (Lipinski definition) is 0. The van der Waals surface area contributed by atoms with Crippen LogP contribution >= 0.6 is 0 Å². The molecule has 1 aromatic heterocycles. The predicted octanol–water partition coefficient (Wildman–Crippen LogP) is 12.0. The molecule has 1 heterocycles. The summed E-state index contributed by atoms with van der Waals surface area (Å²) < 4.78 is 2.59. The van der Waals surface area contributed by atoms with Gasteiger partial charge < -0.3 is 9.47 Å². The van der Waals surface area contributed by atoms with Gasteiger partial charge in [0, 0.05) is 34.0 Å². The maximum Gasteiger partial charge on any atom is 0.0690 e. The number of benzene rings is 6. The molecule has 0 bridgehead atoms. The van der Waals surface area contributed by atoms with Crippen molar-refractivity contribution in [3.8, 4) is 16.8 Å². The molecule has 242 valence electrons. The van der Waals surface area contributed by atoms with Crippen LogP contribution in [0.25, 0.3) is 28.5 Å². The lowest BCUT2D eigenvalue weighted by Crippen LogP contribution is -2.29. The second-order valence-electron chi connectivity index (χ2n) is 14.2. The van der Waals surface area contributed by atoms with Gasteiger partial charge in [-0.1, -0.05) is 115 Å². The first kappa shape index (κ1) is 28.7. The van der Waals surface area contributed by atoms with Crippen molar-refractivity contribution in [2.45, 2.75) is 31.1 Å². The summed E-state index contributed by atoms with van der Waals surface area (Å²) in [5.41, 5.74) is 21.4. The van der Waals surface area contributed by atoms with Gasteiger partial charge in [-0.15, -0.1) is 0 Å². The fourth-order valence-corrected chi connectivity index (χ4v) is 9.94. The van der Waals surface area contributed by atoms with Crippen LogP contribution < -0.4 is 4.90 Å². The molecular formula is C49H36N2. The smallest absolute Gasteiger partial charge is 0.0690 e. The van der Waals surface area contributed by atoms with Crippen LogP contribution in [0.2, 0.25) is 0 Å². The van der Waals surface area contributed by atoms with E-state index < -0.39 is 0 Å². The molecule has 1 atom stereocenters. The first-order chi connectivity index (χ1) is 25.3. The normalized spacial score (nSPS) is 17.4. The van der Waals surface area contributed by atoms with Crippen molar-refractivity contribution in [1.82, 2.24) is 4.57 Å². The monoisotopic (exact) mass is 652 g/mol. The van der Waals surface area contributed by atoms with Gasteiger partial charge >= 0.3 is 0 Å². The Hall–Kier alpha value is -6.12. The first-order valence-corrected chi connectivity index (χ1v) is 18.3. The molecular weight excluding hydrogens is 617 g/mol. The van der Waals surface area contributed by atoms with Gasteiger partial charge in [-0.05, 0) is 130 Å². The number of hydrogen-bond acceptors (Lipinski definition) is 1. The quantitative estimate of drug-likeness (QED) is 0.184. The number of rotatable bonds is 4. The fourth-order valence-electron chi connectivity index (χ4n) is 9.94. The zero-order valence-electron chi connectivity index (χ0n) is 28.4. The van der Waals surface area contributed by atoms with Gasteiger partial charge in [0.25, 0.3) is 0 Å². The van der Waals surface area contributed by atoms with Crippen molar-refractivity contribution in [2.24, 2.45) is 0 Å². The highest BCUT2D eigenvalue weighted by molar-refractivity contribution is 6.00. The lowest BCUT2D eigenvalue weighted by Gasteiger charge is -2.35. The predicted molar refractivity (Wildman–Crippen MR) is 210 cm³/mol. The van der Waals surface area contributed by atoms with Crippen LogP contribution in [0.3, 0.4) is 0 Å². The van der Waals surface area contributed by atoms with Crippen LogP contribution in [0, 0.1) is 0 Å². The average Bonchev–Trinajstić information content (AvgIpc) is 3.81. The van der Waals surface area contributed by atoms with E-state index in [-0.39, 0.29) is 5.41 Å². The van der Waals surface area contributed by atoms with E-state index in [9.17, 15) is 0 Å². The summed E-state index contributed by atoms with van der Waals surface area (Å²) in [7, 11) is 0. The maximum atomic E-state index is 2.59. The van der Waals surface area contributed by atoms with E-state index in [2.05, 4.69) is 179 Å². The lowest BCUT2D eigenvalue weighted by atomic mass is 9.67. The minimum absolute atomic E-state index is 0.382. The van der Waals surface area contributed by atoms with Gasteiger partial charge in [0.15, 0.2) is 0 Å². The zero-order chi connectivity index (χ0) is 33.5. The molecule has 1 unspecified atom stereocenters. The molecule has 0 amide bonds. The minimum atomic E-state index is -0.382. The first-order valence-electron chi connectivity index (χ1n) is 18.3. The number of anilines is 3. The standard InChI is InChI=1S/C49H36N2/c1-4-16-33(17-5-1)50(34-18-6-2-7-19-34)36-28-29-38-37-22-10-13-25-42(37)49(45(38)32-36)43-26-14-11-24-41(43)47-44(49)31-30-40-39-23-12-15-27-46(39)51(48(40)47)35-20-8-3-9-21-35/h1-11,13-22,24-29,32H,12,23,30-31H2. The number of para-hydroxylation sites is 3. The average molecular weight is 653 g/mol. The molecule has 0 saturated carbocycles. The number of nitrogens with zero attached hydrogens (tertiary/aromatic N) is 2. The molecule has 0 N–H and O–H groups in total. The molecule has 4 aliphatic rings. The third-order valence-electron chi connectivity index (χ3n) is 11.8. The Morgan fingerprint density at radius 1 is 0.490 bits per heavy atom. The Balaban J connectivity index is 1.23. The summed E-state index contributed by atoms with van der Waals surface area (Å²) in [6.07, 6.45) is 9.04. The van der Waals surface area contributed by atoms with Gasteiger partial charge in [-0.2, -0.15) is 0 Å². The van der Waals surface area contributed by atoms with E-state index in [4.69, 9.17) is 0 Å². The summed E-state index contributed by atoms with van der Waals surface area (Å²) in [6, 6.07) is 58.4. The largest absolute Gasteiger partial charge is 0.310 e. The van der Waals surface area contributed by atoms with E-state index in [1.165, 1.54) is 67.3 Å². The molecule has 0 saturated heterocycles.